The summed E-state index contributed by atoms with van der Waals surface area (Å²) in [4.78, 5) is 4.49. The molecule has 0 radical (unpaired) electrons. The van der Waals surface area contributed by atoms with E-state index in [0.717, 1.165) is 33.0 Å². The molecule has 3 aromatic carbocycles. The molecular weight excluding hydrogens is 354 g/mol. The molecule has 2 heteroatoms. The van der Waals surface area contributed by atoms with Gasteiger partial charge in [0.25, 0.3) is 0 Å². The summed E-state index contributed by atoms with van der Waals surface area (Å²) in [7, 11) is 0. The van der Waals surface area contributed by atoms with Crippen molar-refractivity contribution >= 4 is 21.9 Å². The van der Waals surface area contributed by atoms with Gasteiger partial charge in [-0.25, -0.2) is 0 Å². The van der Waals surface area contributed by atoms with Crippen molar-refractivity contribution in [3.8, 4) is 22.4 Å². The van der Waals surface area contributed by atoms with Crippen LogP contribution in [0.2, 0.25) is 0 Å². The minimum absolute atomic E-state index is 0.106. The normalized spacial score (nSPS) is 14.4. The number of furan rings is 1. The van der Waals surface area contributed by atoms with E-state index >= 15 is 0 Å². The molecule has 0 saturated heterocycles. The number of aromatic nitrogens is 1. The van der Waals surface area contributed by atoms with Crippen molar-refractivity contribution < 1.29 is 9.90 Å². The van der Waals surface area contributed by atoms with Crippen molar-refractivity contribution in [2.24, 2.45) is 0 Å². The first-order valence-electron chi connectivity index (χ1n) is 11.7. The zero-order valence-corrected chi connectivity index (χ0v) is 16.4. The van der Waals surface area contributed by atoms with E-state index in [-0.39, 0.29) is 5.56 Å². The highest BCUT2D eigenvalue weighted by Gasteiger charge is 2.16. The number of benzene rings is 3. The van der Waals surface area contributed by atoms with Crippen LogP contribution < -0.4 is 0 Å². The Morgan fingerprint density at radius 2 is 1.55 bits per heavy atom. The molecular formula is C27H23NO. The topological polar surface area (TPSA) is 26.0 Å². The third-order valence-electron chi connectivity index (χ3n) is 5.33. The fourth-order valence-electron chi connectivity index (χ4n) is 3.88. The van der Waals surface area contributed by atoms with Crippen LogP contribution in [0.1, 0.15) is 36.4 Å². The quantitative estimate of drug-likeness (QED) is 0.319. The maximum absolute atomic E-state index is 8.53. The van der Waals surface area contributed by atoms with Crippen LogP contribution in [0.4, 0.5) is 0 Å². The number of nitrogens with zero attached hydrogens (tertiary/aromatic N) is 1. The molecule has 0 amide bonds. The van der Waals surface area contributed by atoms with Gasteiger partial charge in [-0.15, -0.1) is 0 Å². The monoisotopic (exact) mass is 381 g/mol. The Morgan fingerprint density at radius 1 is 0.862 bits per heavy atom. The van der Waals surface area contributed by atoms with E-state index in [4.69, 9.17) is 9.90 Å². The average molecular weight is 382 g/mol. The number of pyridine rings is 1. The second-order valence-electron chi connectivity index (χ2n) is 7.45. The summed E-state index contributed by atoms with van der Waals surface area (Å²) in [5.41, 5.74) is 5.47. The summed E-state index contributed by atoms with van der Waals surface area (Å²) >= 11 is 0. The van der Waals surface area contributed by atoms with E-state index in [1.54, 1.807) is 19.9 Å². The Morgan fingerprint density at radius 3 is 2.24 bits per heavy atom. The van der Waals surface area contributed by atoms with Crippen molar-refractivity contribution in [1.82, 2.24) is 4.98 Å². The smallest absolute Gasteiger partial charge is 0.144 e. The molecule has 2 nitrogen and oxygen atoms in total. The van der Waals surface area contributed by atoms with Gasteiger partial charge in [0.1, 0.15) is 11.2 Å². The highest BCUT2D eigenvalue weighted by atomic mass is 16.3. The second kappa shape index (κ2) is 6.89. The Bertz CT molecular complexity index is 1480. The molecule has 5 rings (SSSR count). The summed E-state index contributed by atoms with van der Waals surface area (Å²) < 4.78 is 38.6. The molecule has 0 bridgehead atoms. The Kier molecular flexibility index (Phi) is 3.26. The van der Waals surface area contributed by atoms with Gasteiger partial charge in [-0.2, -0.15) is 0 Å². The maximum atomic E-state index is 8.53. The third kappa shape index (κ3) is 2.92. The Hall–Kier alpha value is -3.39. The van der Waals surface area contributed by atoms with Crippen LogP contribution in [-0.4, -0.2) is 4.98 Å². The predicted molar refractivity (Wildman–Crippen MR) is 121 cm³/mol. The number of rotatable bonds is 3. The highest BCUT2D eigenvalue weighted by Crippen LogP contribution is 2.39. The number of fused-ring (bicyclic) bond motifs is 3. The standard InChI is InChI=1S/C27H23NO/c1-17(2)24-15-25(28-16-18(24)3)23-14-8-13-22-21-12-7-11-20(26(21)29-27(22)23)19-9-5-4-6-10-19/h4-17H,1-3H3/i3D3,17D. The van der Waals surface area contributed by atoms with E-state index in [1.807, 2.05) is 54.6 Å². The lowest BCUT2D eigenvalue weighted by molar-refractivity contribution is 0.671. The molecule has 0 spiro atoms. The van der Waals surface area contributed by atoms with Gasteiger partial charge in [0.05, 0.1) is 5.69 Å². The highest BCUT2D eigenvalue weighted by molar-refractivity contribution is 6.12. The van der Waals surface area contributed by atoms with Gasteiger partial charge in [0.15, 0.2) is 0 Å². The van der Waals surface area contributed by atoms with Crippen LogP contribution in [0.15, 0.2) is 83.4 Å². The fraction of sp³-hybridized carbons (Fsp3) is 0.148. The first-order chi connectivity index (χ1) is 15.6. The molecule has 0 aliphatic rings. The molecule has 2 aromatic heterocycles. The number of hydrogen-bond donors (Lipinski definition) is 0. The minimum Gasteiger partial charge on any atom is -0.455 e. The molecule has 0 atom stereocenters. The van der Waals surface area contributed by atoms with Gasteiger partial charge in [-0.3, -0.25) is 4.98 Å². The lowest BCUT2D eigenvalue weighted by atomic mass is 9.96. The number of hydrogen-bond acceptors (Lipinski definition) is 2. The van der Waals surface area contributed by atoms with Crippen molar-refractivity contribution in [1.29, 1.82) is 0 Å². The zero-order valence-electron chi connectivity index (χ0n) is 20.4. The van der Waals surface area contributed by atoms with Crippen molar-refractivity contribution in [3.05, 3.63) is 90.1 Å². The molecule has 0 aliphatic heterocycles. The SMILES string of the molecule is [2H]C([2H])([2H])c1cnc(-c2cccc3c2oc2c(-c4ccccc4)cccc23)cc1C([2H])(C)C. The number of aryl methyl sites for hydroxylation is 1. The summed E-state index contributed by atoms with van der Waals surface area (Å²) in [5.74, 6) is -1.09. The number of para-hydroxylation sites is 2. The van der Waals surface area contributed by atoms with Crippen LogP contribution in [0, 0.1) is 6.85 Å². The summed E-state index contributed by atoms with van der Waals surface area (Å²) in [6.45, 7) is 1.04. The van der Waals surface area contributed by atoms with E-state index in [9.17, 15) is 0 Å². The van der Waals surface area contributed by atoms with E-state index in [2.05, 4.69) is 17.1 Å². The van der Waals surface area contributed by atoms with Gasteiger partial charge in [-0.05, 0) is 41.6 Å². The van der Waals surface area contributed by atoms with Crippen molar-refractivity contribution in [3.63, 3.8) is 0 Å². The van der Waals surface area contributed by atoms with Gasteiger partial charge in [-0.1, -0.05) is 74.5 Å². The molecule has 0 fully saturated rings. The van der Waals surface area contributed by atoms with Crippen LogP contribution in [0.25, 0.3) is 44.3 Å². The van der Waals surface area contributed by atoms with E-state index < -0.39 is 12.7 Å². The molecule has 0 aliphatic carbocycles. The van der Waals surface area contributed by atoms with Gasteiger partial charge in [0, 0.05) is 33.6 Å². The largest absolute Gasteiger partial charge is 0.455 e. The average Bonchev–Trinajstić information content (AvgIpc) is 3.17. The molecule has 0 saturated carbocycles. The van der Waals surface area contributed by atoms with Crippen molar-refractivity contribution in [2.75, 3.05) is 0 Å². The Balaban J connectivity index is 1.77. The fourth-order valence-corrected chi connectivity index (χ4v) is 3.88. The summed E-state index contributed by atoms with van der Waals surface area (Å²) in [6, 6.07) is 23.8. The maximum Gasteiger partial charge on any atom is 0.144 e. The van der Waals surface area contributed by atoms with Gasteiger partial charge < -0.3 is 4.42 Å². The zero-order chi connectivity index (χ0) is 23.4. The van der Waals surface area contributed by atoms with E-state index in [1.165, 1.54) is 6.20 Å². The van der Waals surface area contributed by atoms with Gasteiger partial charge >= 0.3 is 0 Å². The van der Waals surface area contributed by atoms with Crippen LogP contribution in [0.3, 0.4) is 0 Å². The summed E-state index contributed by atoms with van der Waals surface area (Å²) in [6.07, 6.45) is 1.38. The van der Waals surface area contributed by atoms with Crippen molar-refractivity contribution in [2.45, 2.75) is 26.6 Å². The molecule has 29 heavy (non-hydrogen) atoms. The molecule has 0 N–H and O–H groups in total. The third-order valence-corrected chi connectivity index (χ3v) is 5.33. The molecule has 2 heterocycles. The lowest BCUT2D eigenvalue weighted by Gasteiger charge is -2.11. The first kappa shape index (κ1) is 13.7. The second-order valence-corrected chi connectivity index (χ2v) is 7.45. The van der Waals surface area contributed by atoms with Crippen LogP contribution in [-0.2, 0) is 0 Å². The molecule has 0 unspecified atom stereocenters. The minimum atomic E-state index is -2.34. The molecule has 142 valence electrons. The van der Waals surface area contributed by atoms with Gasteiger partial charge in [0.2, 0.25) is 0 Å². The lowest BCUT2D eigenvalue weighted by Crippen LogP contribution is -1.95. The first-order valence-corrected chi connectivity index (χ1v) is 9.65. The van der Waals surface area contributed by atoms with Crippen LogP contribution in [0.5, 0.6) is 0 Å². The van der Waals surface area contributed by atoms with E-state index in [0.29, 0.717) is 16.8 Å². The van der Waals surface area contributed by atoms with Crippen LogP contribution >= 0.6 is 0 Å². The summed E-state index contributed by atoms with van der Waals surface area (Å²) in [5, 5.41) is 1.97. The Labute approximate surface area is 176 Å². The molecule has 5 aromatic rings. The predicted octanol–water partition coefficient (Wildman–Crippen LogP) is 7.75.